The van der Waals surface area contributed by atoms with Crippen molar-refractivity contribution in [3.8, 4) is 0 Å². The van der Waals surface area contributed by atoms with Gasteiger partial charge in [-0.3, -0.25) is 0 Å². The molecule has 0 aliphatic carbocycles. The maximum atomic E-state index is 12.3. The molecule has 0 saturated heterocycles. The molecule has 0 fully saturated rings. The molecule has 1 rings (SSSR count). The highest BCUT2D eigenvalue weighted by molar-refractivity contribution is 7.89. The highest BCUT2D eigenvalue weighted by Gasteiger charge is 2.26. The third kappa shape index (κ3) is 3.42. The Balaban J connectivity index is 3.16. The minimum absolute atomic E-state index is 0.0759. The van der Waals surface area contributed by atoms with E-state index in [9.17, 15) is 8.42 Å². The minimum atomic E-state index is -3.60. The van der Waals surface area contributed by atoms with Gasteiger partial charge in [-0.15, -0.1) is 0 Å². The van der Waals surface area contributed by atoms with E-state index < -0.39 is 10.0 Å². The molecule has 0 saturated carbocycles. The number of aliphatic hydroxyl groups is 1. The molecule has 4 nitrogen and oxygen atoms in total. The van der Waals surface area contributed by atoms with Gasteiger partial charge in [0, 0.05) is 17.6 Å². The summed E-state index contributed by atoms with van der Waals surface area (Å²) >= 11 is 5.78. The van der Waals surface area contributed by atoms with Crippen LogP contribution in [0.15, 0.2) is 29.2 Å². The summed E-state index contributed by atoms with van der Waals surface area (Å²) in [7, 11) is -3.60. The van der Waals surface area contributed by atoms with Crippen LogP contribution < -0.4 is 0 Å². The number of sulfonamides is 1. The van der Waals surface area contributed by atoms with Crippen molar-refractivity contribution >= 4 is 21.6 Å². The third-order valence-electron chi connectivity index (χ3n) is 2.30. The third-order valence-corrected chi connectivity index (χ3v) is 4.61. The zero-order valence-corrected chi connectivity index (χ0v) is 11.4. The number of rotatable bonds is 5. The summed E-state index contributed by atoms with van der Waals surface area (Å²) in [5.41, 5.74) is 0. The fourth-order valence-electron chi connectivity index (χ4n) is 1.52. The molecule has 0 unspecified atom stereocenters. The van der Waals surface area contributed by atoms with Crippen molar-refractivity contribution in [2.45, 2.75) is 24.8 Å². The Kier molecular flexibility index (Phi) is 4.94. The molecule has 0 aromatic heterocycles. The maximum Gasteiger partial charge on any atom is 0.243 e. The van der Waals surface area contributed by atoms with Crippen molar-refractivity contribution < 1.29 is 13.5 Å². The maximum absolute atomic E-state index is 12.3. The van der Waals surface area contributed by atoms with Gasteiger partial charge in [0.15, 0.2) is 0 Å². The van der Waals surface area contributed by atoms with Crippen LogP contribution in [0.1, 0.15) is 13.8 Å². The molecule has 0 aliphatic rings. The van der Waals surface area contributed by atoms with E-state index in [4.69, 9.17) is 16.7 Å². The first-order valence-electron chi connectivity index (χ1n) is 5.28. The number of nitrogens with zero attached hydrogens (tertiary/aromatic N) is 1. The Morgan fingerprint density at radius 3 is 2.53 bits per heavy atom. The van der Waals surface area contributed by atoms with E-state index in [1.807, 2.05) is 0 Å². The Hall–Kier alpha value is -0.620. The van der Waals surface area contributed by atoms with Crippen LogP contribution >= 0.6 is 11.6 Å². The molecule has 1 aromatic carbocycles. The van der Waals surface area contributed by atoms with Gasteiger partial charge in [0.05, 0.1) is 11.5 Å². The first-order chi connectivity index (χ1) is 7.89. The van der Waals surface area contributed by atoms with Crippen molar-refractivity contribution in [2.75, 3.05) is 13.2 Å². The highest BCUT2D eigenvalue weighted by Crippen LogP contribution is 2.20. The van der Waals surface area contributed by atoms with Crippen molar-refractivity contribution in [3.63, 3.8) is 0 Å². The van der Waals surface area contributed by atoms with Gasteiger partial charge in [-0.2, -0.15) is 4.31 Å². The van der Waals surface area contributed by atoms with E-state index in [1.165, 1.54) is 16.4 Å². The average molecular weight is 278 g/mol. The van der Waals surface area contributed by atoms with Gasteiger partial charge in [0.1, 0.15) is 0 Å². The van der Waals surface area contributed by atoms with Crippen LogP contribution in [0.25, 0.3) is 0 Å². The van der Waals surface area contributed by atoms with E-state index in [1.54, 1.807) is 26.0 Å². The summed E-state index contributed by atoms with van der Waals surface area (Å²) in [4.78, 5) is 0.146. The first-order valence-corrected chi connectivity index (χ1v) is 7.09. The molecule has 0 aliphatic heterocycles. The molecular weight excluding hydrogens is 262 g/mol. The van der Waals surface area contributed by atoms with Crippen LogP contribution in [0, 0.1) is 0 Å². The number of aliphatic hydroxyl groups excluding tert-OH is 1. The van der Waals surface area contributed by atoms with E-state index in [2.05, 4.69) is 0 Å². The topological polar surface area (TPSA) is 57.6 Å². The van der Waals surface area contributed by atoms with Crippen LogP contribution in [0.5, 0.6) is 0 Å². The predicted molar refractivity (Wildman–Crippen MR) is 67.6 cm³/mol. The van der Waals surface area contributed by atoms with Crippen LogP contribution in [0.4, 0.5) is 0 Å². The Bertz CT molecular complexity index is 473. The van der Waals surface area contributed by atoms with E-state index in [0.29, 0.717) is 5.02 Å². The summed E-state index contributed by atoms with van der Waals surface area (Å²) in [6, 6.07) is 5.89. The summed E-state index contributed by atoms with van der Waals surface area (Å²) in [5, 5.41) is 9.29. The smallest absolute Gasteiger partial charge is 0.243 e. The predicted octanol–water partition coefficient (Wildman–Crippen LogP) is 1.73. The number of hydrogen-bond acceptors (Lipinski definition) is 3. The molecule has 0 heterocycles. The van der Waals surface area contributed by atoms with Gasteiger partial charge in [-0.1, -0.05) is 17.7 Å². The van der Waals surface area contributed by atoms with Crippen LogP contribution in [0.2, 0.25) is 5.02 Å². The van der Waals surface area contributed by atoms with Crippen molar-refractivity contribution in [1.82, 2.24) is 4.31 Å². The van der Waals surface area contributed by atoms with Gasteiger partial charge in [0.2, 0.25) is 10.0 Å². The van der Waals surface area contributed by atoms with Crippen LogP contribution in [-0.4, -0.2) is 37.0 Å². The van der Waals surface area contributed by atoms with Gasteiger partial charge in [-0.25, -0.2) is 8.42 Å². The number of benzene rings is 1. The molecular formula is C11H16ClNO3S. The molecule has 6 heteroatoms. The standard InChI is InChI=1S/C11H16ClNO3S/c1-9(2)13(6-7-14)17(15,16)11-5-3-4-10(12)8-11/h3-5,8-9,14H,6-7H2,1-2H3. The van der Waals surface area contributed by atoms with Crippen LogP contribution in [0.3, 0.4) is 0 Å². The first kappa shape index (κ1) is 14.4. The highest BCUT2D eigenvalue weighted by atomic mass is 35.5. The lowest BCUT2D eigenvalue weighted by Gasteiger charge is -2.25. The van der Waals surface area contributed by atoms with Crippen molar-refractivity contribution in [3.05, 3.63) is 29.3 Å². The lowest BCUT2D eigenvalue weighted by Crippen LogP contribution is -2.38. The monoisotopic (exact) mass is 277 g/mol. The van der Waals surface area contributed by atoms with Crippen molar-refractivity contribution in [1.29, 1.82) is 0 Å². The lowest BCUT2D eigenvalue weighted by atomic mass is 10.4. The molecule has 1 N–H and O–H groups in total. The van der Waals surface area contributed by atoms with Gasteiger partial charge in [0.25, 0.3) is 0 Å². The van der Waals surface area contributed by atoms with Crippen molar-refractivity contribution in [2.24, 2.45) is 0 Å². The summed E-state index contributed by atoms with van der Waals surface area (Å²) < 4.78 is 25.8. The second kappa shape index (κ2) is 5.82. The lowest BCUT2D eigenvalue weighted by molar-refractivity contribution is 0.236. The van der Waals surface area contributed by atoms with Gasteiger partial charge < -0.3 is 5.11 Å². The Morgan fingerprint density at radius 2 is 2.06 bits per heavy atom. The molecule has 0 radical (unpaired) electrons. The summed E-state index contributed by atoms with van der Waals surface area (Å²) in [5.74, 6) is 0. The Morgan fingerprint density at radius 1 is 1.41 bits per heavy atom. The fourth-order valence-corrected chi connectivity index (χ4v) is 3.45. The molecule has 96 valence electrons. The largest absolute Gasteiger partial charge is 0.395 e. The molecule has 0 bridgehead atoms. The quantitative estimate of drug-likeness (QED) is 0.892. The number of halogens is 1. The zero-order valence-electron chi connectivity index (χ0n) is 9.80. The molecule has 0 amide bonds. The Labute approximate surface area is 107 Å². The molecule has 1 aromatic rings. The molecule has 0 spiro atoms. The van der Waals surface area contributed by atoms with Gasteiger partial charge >= 0.3 is 0 Å². The SMILES string of the molecule is CC(C)N(CCO)S(=O)(=O)c1cccc(Cl)c1. The second-order valence-corrected chi connectivity index (χ2v) is 6.22. The molecule has 0 atom stereocenters. The van der Waals surface area contributed by atoms with Gasteiger partial charge in [-0.05, 0) is 32.0 Å². The fraction of sp³-hybridized carbons (Fsp3) is 0.455. The minimum Gasteiger partial charge on any atom is -0.395 e. The van der Waals surface area contributed by atoms with Crippen LogP contribution in [-0.2, 0) is 10.0 Å². The average Bonchev–Trinajstić information content (AvgIpc) is 2.25. The second-order valence-electron chi connectivity index (χ2n) is 3.89. The van der Waals surface area contributed by atoms with E-state index in [-0.39, 0.29) is 24.1 Å². The number of hydrogen-bond donors (Lipinski definition) is 1. The summed E-state index contributed by atoms with van der Waals surface area (Å²) in [6.45, 7) is 3.39. The summed E-state index contributed by atoms with van der Waals surface area (Å²) in [6.07, 6.45) is 0. The normalized spacial score (nSPS) is 12.4. The zero-order chi connectivity index (χ0) is 13.1. The van der Waals surface area contributed by atoms with E-state index >= 15 is 0 Å². The molecule has 17 heavy (non-hydrogen) atoms. The van der Waals surface area contributed by atoms with E-state index in [0.717, 1.165) is 0 Å².